The van der Waals surface area contributed by atoms with E-state index in [1.54, 1.807) is 0 Å². The molecule has 36 heavy (non-hydrogen) atoms. The van der Waals surface area contributed by atoms with Crippen LogP contribution in [0.4, 0.5) is 0 Å². The second-order valence-electron chi connectivity index (χ2n) is 10.1. The van der Waals surface area contributed by atoms with Crippen LogP contribution in [0.5, 0.6) is 11.5 Å². The summed E-state index contributed by atoms with van der Waals surface area (Å²) in [6.45, 7) is 1.55. The SMILES string of the molecule is c1ccc2c(c1)/C1=C3\c4ccccc4-c4ccc(cc43)OCCCCCCCCOc3ccc-2c1c3. The highest BCUT2D eigenvalue weighted by Gasteiger charge is 2.32. The van der Waals surface area contributed by atoms with Crippen LogP contribution in [0.2, 0.25) is 0 Å². The lowest BCUT2D eigenvalue weighted by atomic mass is 9.91. The minimum absolute atomic E-state index is 0.774. The summed E-state index contributed by atoms with van der Waals surface area (Å²) in [7, 11) is 0. The second kappa shape index (κ2) is 9.02. The van der Waals surface area contributed by atoms with E-state index in [1.165, 1.54) is 81.3 Å². The molecule has 0 atom stereocenters. The highest BCUT2D eigenvalue weighted by atomic mass is 16.5. The number of benzene rings is 4. The van der Waals surface area contributed by atoms with E-state index in [1.807, 2.05) is 0 Å². The van der Waals surface area contributed by atoms with Crippen molar-refractivity contribution in [2.45, 2.75) is 38.5 Å². The average molecular weight is 471 g/mol. The van der Waals surface area contributed by atoms with Crippen molar-refractivity contribution >= 4 is 11.1 Å². The van der Waals surface area contributed by atoms with Gasteiger partial charge in [0.15, 0.2) is 0 Å². The maximum absolute atomic E-state index is 6.27. The Balaban J connectivity index is 1.48. The molecule has 7 rings (SSSR count). The van der Waals surface area contributed by atoms with E-state index in [4.69, 9.17) is 9.47 Å². The van der Waals surface area contributed by atoms with Gasteiger partial charge < -0.3 is 9.47 Å². The van der Waals surface area contributed by atoms with Crippen molar-refractivity contribution in [2.24, 2.45) is 0 Å². The summed E-state index contributed by atoms with van der Waals surface area (Å²) in [4.78, 5) is 0. The van der Waals surface area contributed by atoms with Gasteiger partial charge >= 0.3 is 0 Å². The molecular weight excluding hydrogens is 440 g/mol. The van der Waals surface area contributed by atoms with Gasteiger partial charge in [-0.15, -0.1) is 0 Å². The van der Waals surface area contributed by atoms with Gasteiger partial charge in [0.25, 0.3) is 0 Å². The fourth-order valence-electron chi connectivity index (χ4n) is 6.10. The molecule has 1 aliphatic heterocycles. The van der Waals surface area contributed by atoms with Gasteiger partial charge in [-0.1, -0.05) is 86.3 Å². The molecule has 4 aromatic carbocycles. The molecule has 178 valence electrons. The third-order valence-electron chi connectivity index (χ3n) is 7.82. The van der Waals surface area contributed by atoms with E-state index in [2.05, 4.69) is 84.9 Å². The largest absolute Gasteiger partial charge is 0.494 e. The highest BCUT2D eigenvalue weighted by molar-refractivity contribution is 6.19. The summed E-state index contributed by atoms with van der Waals surface area (Å²) in [5, 5.41) is 0. The molecule has 2 aliphatic carbocycles. The molecule has 0 spiro atoms. The molecule has 0 N–H and O–H groups in total. The summed E-state index contributed by atoms with van der Waals surface area (Å²) >= 11 is 0. The molecule has 3 aliphatic rings. The zero-order valence-corrected chi connectivity index (χ0v) is 20.6. The highest BCUT2D eigenvalue weighted by Crippen LogP contribution is 2.55. The van der Waals surface area contributed by atoms with Gasteiger partial charge in [-0.05, 0) is 92.8 Å². The van der Waals surface area contributed by atoms with E-state index in [0.29, 0.717) is 0 Å². The standard InChI is InChI=1S/C34H30O2/c1-2-4-10-20-36-24-16-18-28-26-12-6-8-14-30(26)34(32(28)22-24)33-29-13-7-5-11-25(29)27-17-15-23(21-31(27)33)35-19-9-3-1/h5-8,11-18,21-22H,1-4,9-10,19-20H2/b34-33-. The fraction of sp³-hybridized carbons (Fsp3) is 0.235. The van der Waals surface area contributed by atoms with Crippen LogP contribution in [-0.4, -0.2) is 13.2 Å². The summed E-state index contributed by atoms with van der Waals surface area (Å²) in [5.41, 5.74) is 12.9. The number of ether oxygens (including phenoxy) is 2. The van der Waals surface area contributed by atoms with Crippen molar-refractivity contribution in [2.75, 3.05) is 13.2 Å². The Bertz CT molecular complexity index is 1380. The Morgan fingerprint density at radius 1 is 0.361 bits per heavy atom. The zero-order chi connectivity index (χ0) is 23.9. The van der Waals surface area contributed by atoms with E-state index >= 15 is 0 Å². The lowest BCUT2D eigenvalue weighted by Gasteiger charge is -2.14. The van der Waals surface area contributed by atoms with E-state index < -0.39 is 0 Å². The van der Waals surface area contributed by atoms with Gasteiger partial charge in [0.05, 0.1) is 13.2 Å². The van der Waals surface area contributed by atoms with Crippen LogP contribution in [0.15, 0.2) is 84.9 Å². The van der Waals surface area contributed by atoms with Crippen LogP contribution in [0.1, 0.15) is 60.8 Å². The summed E-state index contributed by atoms with van der Waals surface area (Å²) in [6, 6.07) is 30.9. The van der Waals surface area contributed by atoms with Crippen LogP contribution in [0, 0.1) is 0 Å². The van der Waals surface area contributed by atoms with Gasteiger partial charge in [-0.2, -0.15) is 0 Å². The summed E-state index contributed by atoms with van der Waals surface area (Å²) in [5.74, 6) is 1.92. The Morgan fingerprint density at radius 2 is 0.750 bits per heavy atom. The molecule has 1 heterocycles. The quantitative estimate of drug-likeness (QED) is 0.221. The lowest BCUT2D eigenvalue weighted by Crippen LogP contribution is -2.00. The first kappa shape index (κ1) is 21.5. The number of hydrogen-bond acceptors (Lipinski definition) is 2. The molecule has 2 nitrogen and oxygen atoms in total. The van der Waals surface area contributed by atoms with E-state index in [-0.39, 0.29) is 0 Å². The number of fused-ring (bicyclic) bond motifs is 8. The molecule has 0 fully saturated rings. The van der Waals surface area contributed by atoms with Crippen LogP contribution in [0.25, 0.3) is 33.4 Å². The zero-order valence-electron chi connectivity index (χ0n) is 20.6. The first-order valence-corrected chi connectivity index (χ1v) is 13.4. The van der Waals surface area contributed by atoms with Gasteiger partial charge in [-0.25, -0.2) is 0 Å². The first-order valence-electron chi connectivity index (χ1n) is 13.4. The molecule has 2 heteroatoms. The van der Waals surface area contributed by atoms with Gasteiger partial charge in [-0.3, -0.25) is 0 Å². The van der Waals surface area contributed by atoms with Gasteiger partial charge in [0, 0.05) is 0 Å². The first-order chi connectivity index (χ1) is 17.9. The van der Waals surface area contributed by atoms with Crippen molar-refractivity contribution in [3.8, 4) is 33.8 Å². The second-order valence-corrected chi connectivity index (χ2v) is 10.1. The Hall–Kier alpha value is -3.78. The Kier molecular flexibility index (Phi) is 5.39. The Labute approximate surface area is 213 Å². The van der Waals surface area contributed by atoms with Crippen LogP contribution in [-0.2, 0) is 0 Å². The molecule has 0 saturated carbocycles. The van der Waals surface area contributed by atoms with Crippen LogP contribution < -0.4 is 9.47 Å². The van der Waals surface area contributed by atoms with E-state index in [9.17, 15) is 0 Å². The lowest BCUT2D eigenvalue weighted by molar-refractivity contribution is 0.297. The van der Waals surface area contributed by atoms with Crippen molar-refractivity contribution in [1.82, 2.24) is 0 Å². The van der Waals surface area contributed by atoms with Gasteiger partial charge in [0.1, 0.15) is 11.5 Å². The maximum atomic E-state index is 6.27. The predicted octanol–water partition coefficient (Wildman–Crippen LogP) is 8.77. The van der Waals surface area contributed by atoms with Crippen molar-refractivity contribution < 1.29 is 9.47 Å². The average Bonchev–Trinajstić information content (AvgIpc) is 3.41. The van der Waals surface area contributed by atoms with Gasteiger partial charge in [0.2, 0.25) is 0 Å². The fourth-order valence-corrected chi connectivity index (χ4v) is 6.10. The third-order valence-corrected chi connectivity index (χ3v) is 7.82. The summed E-state index contributed by atoms with van der Waals surface area (Å²) in [6.07, 6.45) is 7.15. The molecule has 0 saturated heterocycles. The van der Waals surface area contributed by atoms with Crippen molar-refractivity contribution in [3.05, 3.63) is 107 Å². The normalized spacial score (nSPS) is 18.3. The molecule has 0 amide bonds. The predicted molar refractivity (Wildman–Crippen MR) is 147 cm³/mol. The smallest absolute Gasteiger partial charge is 0.119 e. The monoisotopic (exact) mass is 470 g/mol. The van der Waals surface area contributed by atoms with E-state index in [0.717, 1.165) is 37.6 Å². The minimum atomic E-state index is 0.774. The topological polar surface area (TPSA) is 18.5 Å². The molecular formula is C34H30O2. The maximum Gasteiger partial charge on any atom is 0.119 e. The molecule has 0 unspecified atom stereocenters. The number of rotatable bonds is 0. The van der Waals surface area contributed by atoms with Crippen LogP contribution >= 0.6 is 0 Å². The molecule has 0 aromatic heterocycles. The summed E-state index contributed by atoms with van der Waals surface area (Å²) < 4.78 is 12.5. The third kappa shape index (κ3) is 3.55. The minimum Gasteiger partial charge on any atom is -0.494 e. The molecule has 4 aromatic rings. The molecule has 4 bridgehead atoms. The number of hydrogen-bond donors (Lipinski definition) is 0. The van der Waals surface area contributed by atoms with Crippen LogP contribution in [0.3, 0.4) is 0 Å². The van der Waals surface area contributed by atoms with Crippen molar-refractivity contribution in [3.63, 3.8) is 0 Å². The Morgan fingerprint density at radius 3 is 1.22 bits per heavy atom. The van der Waals surface area contributed by atoms with Crippen molar-refractivity contribution in [1.29, 1.82) is 0 Å². The molecule has 0 radical (unpaired) electrons.